The van der Waals surface area contributed by atoms with Gasteiger partial charge < -0.3 is 10.1 Å². The third-order valence-electron chi connectivity index (χ3n) is 5.19. The van der Waals surface area contributed by atoms with Crippen LogP contribution in [0.4, 0.5) is 10.5 Å². The second-order valence-corrected chi connectivity index (χ2v) is 8.84. The number of rotatable bonds is 8. The summed E-state index contributed by atoms with van der Waals surface area (Å²) in [6, 6.07) is 24.3. The SMILES string of the molecule is Cc1cccc(NC(=O)COc2ccc(/C=C3/SC(=O)N(CCc4ccccc4)C3=O)cc2)c1. The Hall–Kier alpha value is -3.84. The molecule has 0 spiro atoms. The number of benzene rings is 3. The number of amides is 3. The van der Waals surface area contributed by atoms with Crippen LogP contribution >= 0.6 is 11.8 Å². The van der Waals surface area contributed by atoms with Crippen LogP contribution in [-0.2, 0) is 16.0 Å². The maximum atomic E-state index is 12.7. The Balaban J connectivity index is 1.31. The summed E-state index contributed by atoms with van der Waals surface area (Å²) < 4.78 is 5.56. The zero-order valence-electron chi connectivity index (χ0n) is 18.7. The molecule has 0 aliphatic carbocycles. The van der Waals surface area contributed by atoms with E-state index in [1.807, 2.05) is 61.5 Å². The molecule has 6 nitrogen and oxygen atoms in total. The minimum atomic E-state index is -0.279. The van der Waals surface area contributed by atoms with Gasteiger partial charge in [-0.15, -0.1) is 0 Å². The Bertz CT molecular complexity index is 1220. The van der Waals surface area contributed by atoms with Crippen molar-refractivity contribution in [2.45, 2.75) is 13.3 Å². The van der Waals surface area contributed by atoms with E-state index in [0.717, 1.165) is 34.1 Å². The highest BCUT2D eigenvalue weighted by Crippen LogP contribution is 2.32. The maximum absolute atomic E-state index is 12.7. The van der Waals surface area contributed by atoms with Crippen LogP contribution in [0.1, 0.15) is 16.7 Å². The molecule has 0 bridgehead atoms. The van der Waals surface area contributed by atoms with Crippen molar-refractivity contribution < 1.29 is 19.1 Å². The Morgan fingerprint density at radius 3 is 2.50 bits per heavy atom. The first-order valence-electron chi connectivity index (χ1n) is 10.9. The second kappa shape index (κ2) is 10.9. The first-order valence-corrected chi connectivity index (χ1v) is 11.7. The molecule has 1 aliphatic rings. The van der Waals surface area contributed by atoms with E-state index in [4.69, 9.17) is 4.74 Å². The van der Waals surface area contributed by atoms with E-state index in [9.17, 15) is 14.4 Å². The Morgan fingerprint density at radius 1 is 1.00 bits per heavy atom. The molecule has 1 aliphatic heterocycles. The number of hydrogen-bond donors (Lipinski definition) is 1. The average Bonchev–Trinajstić information content (AvgIpc) is 3.10. The zero-order chi connectivity index (χ0) is 23.9. The molecular weight excluding hydrogens is 448 g/mol. The molecular formula is C27H24N2O4S. The Labute approximate surface area is 202 Å². The van der Waals surface area contributed by atoms with Crippen LogP contribution in [0.25, 0.3) is 6.08 Å². The van der Waals surface area contributed by atoms with Crippen LogP contribution in [0.5, 0.6) is 5.75 Å². The largest absolute Gasteiger partial charge is 0.484 e. The van der Waals surface area contributed by atoms with Crippen molar-refractivity contribution in [3.05, 3.63) is 100 Å². The van der Waals surface area contributed by atoms with E-state index in [1.165, 1.54) is 4.90 Å². The lowest BCUT2D eigenvalue weighted by atomic mass is 10.1. The summed E-state index contributed by atoms with van der Waals surface area (Å²) in [6.07, 6.45) is 2.32. The number of thioether (sulfide) groups is 1. The first kappa shape index (κ1) is 23.3. The van der Waals surface area contributed by atoms with Crippen molar-refractivity contribution in [1.82, 2.24) is 4.90 Å². The maximum Gasteiger partial charge on any atom is 0.293 e. The summed E-state index contributed by atoms with van der Waals surface area (Å²) >= 11 is 0.946. The van der Waals surface area contributed by atoms with Crippen molar-refractivity contribution in [1.29, 1.82) is 0 Å². The highest BCUT2D eigenvalue weighted by atomic mass is 32.2. The topological polar surface area (TPSA) is 75.7 Å². The quantitative estimate of drug-likeness (QED) is 0.451. The number of imide groups is 1. The fourth-order valence-electron chi connectivity index (χ4n) is 3.46. The lowest BCUT2D eigenvalue weighted by Crippen LogP contribution is -2.30. The van der Waals surface area contributed by atoms with E-state index in [-0.39, 0.29) is 23.7 Å². The summed E-state index contributed by atoms with van der Waals surface area (Å²) in [5, 5.41) is 2.54. The van der Waals surface area contributed by atoms with Gasteiger partial charge in [0.2, 0.25) is 0 Å². The minimum Gasteiger partial charge on any atom is -0.484 e. The van der Waals surface area contributed by atoms with Gasteiger partial charge in [0, 0.05) is 12.2 Å². The van der Waals surface area contributed by atoms with E-state index in [0.29, 0.717) is 23.6 Å². The molecule has 0 radical (unpaired) electrons. The molecule has 3 aromatic rings. The summed E-state index contributed by atoms with van der Waals surface area (Å²) in [7, 11) is 0. The van der Waals surface area contributed by atoms with Gasteiger partial charge in [-0.1, -0.05) is 54.6 Å². The molecule has 1 heterocycles. The number of nitrogens with one attached hydrogen (secondary N) is 1. The third-order valence-corrected chi connectivity index (χ3v) is 6.10. The van der Waals surface area contributed by atoms with Gasteiger partial charge >= 0.3 is 0 Å². The lowest BCUT2D eigenvalue weighted by Gasteiger charge is -2.12. The zero-order valence-corrected chi connectivity index (χ0v) is 19.5. The molecule has 4 rings (SSSR count). The number of carbonyl (C=O) groups is 3. The van der Waals surface area contributed by atoms with Gasteiger partial charge in [-0.05, 0) is 72.1 Å². The molecule has 1 N–H and O–H groups in total. The molecule has 172 valence electrons. The number of anilines is 1. The molecule has 3 amide bonds. The number of ether oxygens (including phenoxy) is 1. The molecule has 1 fully saturated rings. The van der Waals surface area contributed by atoms with Crippen molar-refractivity contribution in [2.75, 3.05) is 18.5 Å². The van der Waals surface area contributed by atoms with Gasteiger partial charge in [0.1, 0.15) is 5.75 Å². The van der Waals surface area contributed by atoms with Gasteiger partial charge in [-0.3, -0.25) is 19.3 Å². The van der Waals surface area contributed by atoms with E-state index >= 15 is 0 Å². The summed E-state index contributed by atoms with van der Waals surface area (Å²) in [5.41, 5.74) is 3.63. The molecule has 0 atom stereocenters. The fraction of sp³-hybridized carbons (Fsp3) is 0.148. The van der Waals surface area contributed by atoms with Crippen molar-refractivity contribution in [2.24, 2.45) is 0 Å². The molecule has 0 aromatic heterocycles. The molecule has 0 unspecified atom stereocenters. The van der Waals surface area contributed by atoms with Crippen LogP contribution in [0.15, 0.2) is 83.8 Å². The van der Waals surface area contributed by atoms with Gasteiger partial charge in [0.15, 0.2) is 6.61 Å². The highest BCUT2D eigenvalue weighted by molar-refractivity contribution is 8.18. The third kappa shape index (κ3) is 6.14. The monoisotopic (exact) mass is 472 g/mol. The van der Waals surface area contributed by atoms with Crippen LogP contribution < -0.4 is 10.1 Å². The van der Waals surface area contributed by atoms with Crippen molar-refractivity contribution in [3.63, 3.8) is 0 Å². The van der Waals surface area contributed by atoms with Crippen LogP contribution in [0, 0.1) is 6.92 Å². The minimum absolute atomic E-state index is 0.117. The predicted molar refractivity (Wildman–Crippen MR) is 135 cm³/mol. The van der Waals surface area contributed by atoms with E-state index in [2.05, 4.69) is 5.32 Å². The van der Waals surface area contributed by atoms with Crippen molar-refractivity contribution in [3.8, 4) is 5.75 Å². The molecule has 1 saturated heterocycles. The first-order chi connectivity index (χ1) is 16.5. The Morgan fingerprint density at radius 2 is 1.76 bits per heavy atom. The van der Waals surface area contributed by atoms with Crippen LogP contribution in [0.2, 0.25) is 0 Å². The summed E-state index contributed by atoms with van der Waals surface area (Å²) in [4.78, 5) is 38.8. The normalized spacial score (nSPS) is 14.5. The standard InChI is InChI=1S/C27H24N2O4S/c1-19-6-5-9-22(16-19)28-25(30)18-33-23-12-10-21(11-13-23)17-24-26(31)29(27(32)34-24)15-14-20-7-3-2-4-8-20/h2-13,16-17H,14-15,18H2,1H3,(H,28,30)/b24-17+. The Kier molecular flexibility index (Phi) is 7.44. The number of carbonyl (C=O) groups excluding carboxylic acids is 3. The van der Waals surface area contributed by atoms with Crippen molar-refractivity contribution >= 4 is 40.6 Å². The highest BCUT2D eigenvalue weighted by Gasteiger charge is 2.34. The van der Waals surface area contributed by atoms with Gasteiger partial charge in [0.25, 0.3) is 17.1 Å². The predicted octanol–water partition coefficient (Wildman–Crippen LogP) is 5.29. The van der Waals surface area contributed by atoms with Gasteiger partial charge in [0.05, 0.1) is 4.91 Å². The molecule has 34 heavy (non-hydrogen) atoms. The molecule has 3 aromatic carbocycles. The van der Waals surface area contributed by atoms with Gasteiger partial charge in [-0.2, -0.15) is 0 Å². The summed E-state index contributed by atoms with van der Waals surface area (Å²) in [6.45, 7) is 2.19. The van der Waals surface area contributed by atoms with E-state index in [1.54, 1.807) is 30.3 Å². The van der Waals surface area contributed by atoms with Crippen LogP contribution in [-0.4, -0.2) is 35.1 Å². The fourth-order valence-corrected chi connectivity index (χ4v) is 4.32. The van der Waals surface area contributed by atoms with Crippen LogP contribution in [0.3, 0.4) is 0 Å². The number of nitrogens with zero attached hydrogens (tertiary/aromatic N) is 1. The molecule has 0 saturated carbocycles. The molecule has 7 heteroatoms. The summed E-state index contributed by atoms with van der Waals surface area (Å²) in [5.74, 6) is 0.00504. The number of hydrogen-bond acceptors (Lipinski definition) is 5. The number of aryl methyl sites for hydroxylation is 1. The smallest absolute Gasteiger partial charge is 0.293 e. The average molecular weight is 473 g/mol. The lowest BCUT2D eigenvalue weighted by molar-refractivity contribution is -0.122. The van der Waals surface area contributed by atoms with E-state index < -0.39 is 0 Å². The van der Waals surface area contributed by atoms with Gasteiger partial charge in [-0.25, -0.2) is 0 Å². The second-order valence-electron chi connectivity index (χ2n) is 7.84.